The molecule has 1 aliphatic carbocycles. The van der Waals surface area contributed by atoms with Gasteiger partial charge in [0, 0.05) is 19.6 Å². The molecule has 1 atom stereocenters. The van der Waals surface area contributed by atoms with Crippen molar-refractivity contribution in [3.05, 3.63) is 10.5 Å². The van der Waals surface area contributed by atoms with E-state index in [1.165, 1.54) is 51.6 Å². The van der Waals surface area contributed by atoms with Crippen molar-refractivity contribution in [2.75, 3.05) is 32.0 Å². The second-order valence-corrected chi connectivity index (χ2v) is 9.08. The maximum absolute atomic E-state index is 12.6. The highest BCUT2D eigenvalue weighted by Gasteiger charge is 2.24. The van der Waals surface area contributed by atoms with Gasteiger partial charge in [-0.2, -0.15) is 9.97 Å². The molecule has 2 aromatic rings. The number of fused-ring (bicyclic) bond motifs is 1. The van der Waals surface area contributed by atoms with Gasteiger partial charge in [-0.3, -0.25) is 4.57 Å². The number of ether oxygens (including phenoxy) is 1. The Labute approximate surface area is 178 Å². The number of aryl methyl sites for hydroxylation is 1. The van der Waals surface area contributed by atoms with Crippen LogP contribution in [0.4, 0.5) is 5.82 Å². The normalized spacial score (nSPS) is 20.9. The lowest BCUT2D eigenvalue weighted by Gasteiger charge is -2.34. The number of aromatic amines is 1. The minimum Gasteiger partial charge on any atom is -0.463 e. The van der Waals surface area contributed by atoms with Crippen LogP contribution in [0.25, 0.3) is 11.2 Å². The maximum Gasteiger partial charge on any atom is 0.327 e. The number of likely N-dealkylation sites (tertiary alicyclic amines) is 1. The summed E-state index contributed by atoms with van der Waals surface area (Å²) >= 11 is 0. The van der Waals surface area contributed by atoms with Gasteiger partial charge in [0.2, 0.25) is 0 Å². The van der Waals surface area contributed by atoms with Gasteiger partial charge in [0.25, 0.3) is 0 Å². The average Bonchev–Trinajstić information content (AvgIpc) is 3.35. The Kier molecular flexibility index (Phi) is 6.92. The van der Waals surface area contributed by atoms with E-state index in [-0.39, 0.29) is 17.5 Å². The topological polar surface area (TPSA) is 102 Å². The first kappa shape index (κ1) is 21.2. The fraction of sp³-hybridized carbons (Fsp3) is 0.773. The van der Waals surface area contributed by atoms with Crippen molar-refractivity contribution in [3.8, 4) is 6.01 Å². The Balaban J connectivity index is 1.41. The molecule has 0 aromatic carbocycles. The largest absolute Gasteiger partial charge is 0.463 e. The number of anilines is 1. The van der Waals surface area contributed by atoms with Crippen LogP contribution < -0.4 is 16.2 Å². The highest BCUT2D eigenvalue weighted by atomic mass is 16.5. The molecule has 3 heterocycles. The van der Waals surface area contributed by atoms with Gasteiger partial charge < -0.3 is 20.4 Å². The van der Waals surface area contributed by atoms with Gasteiger partial charge in [0.15, 0.2) is 11.5 Å². The minimum atomic E-state index is -0.171. The van der Waals surface area contributed by atoms with Crippen LogP contribution in [-0.4, -0.2) is 50.7 Å². The number of hydrogen-bond donors (Lipinski definition) is 2. The van der Waals surface area contributed by atoms with Gasteiger partial charge in [0.1, 0.15) is 5.52 Å². The van der Waals surface area contributed by atoms with E-state index in [1.807, 2.05) is 0 Å². The second-order valence-electron chi connectivity index (χ2n) is 9.08. The van der Waals surface area contributed by atoms with E-state index in [1.54, 1.807) is 4.57 Å². The number of unbranched alkanes of at least 4 members (excludes halogenated alkanes) is 1. The molecule has 1 unspecified atom stereocenters. The summed E-state index contributed by atoms with van der Waals surface area (Å²) in [5, 5.41) is 0. The molecule has 1 saturated heterocycles. The molecule has 4 rings (SSSR count). The summed E-state index contributed by atoms with van der Waals surface area (Å²) < 4.78 is 7.34. The van der Waals surface area contributed by atoms with Crippen molar-refractivity contribution in [3.63, 3.8) is 0 Å². The molecule has 8 heteroatoms. The summed E-state index contributed by atoms with van der Waals surface area (Å²) in [4.78, 5) is 26.7. The van der Waals surface area contributed by atoms with Gasteiger partial charge >= 0.3 is 11.7 Å². The van der Waals surface area contributed by atoms with Crippen LogP contribution in [0.2, 0.25) is 0 Å². The van der Waals surface area contributed by atoms with E-state index >= 15 is 0 Å². The third-order valence-electron chi connectivity index (χ3n) is 6.71. The Hall–Kier alpha value is -2.09. The molecule has 0 amide bonds. The molecule has 1 aliphatic heterocycles. The Morgan fingerprint density at radius 1 is 1.17 bits per heavy atom. The van der Waals surface area contributed by atoms with Crippen molar-refractivity contribution in [1.82, 2.24) is 24.4 Å². The van der Waals surface area contributed by atoms with Gasteiger partial charge in [-0.1, -0.05) is 26.2 Å². The van der Waals surface area contributed by atoms with E-state index in [0.717, 1.165) is 31.7 Å². The van der Waals surface area contributed by atoms with Crippen molar-refractivity contribution in [1.29, 1.82) is 0 Å². The van der Waals surface area contributed by atoms with E-state index in [0.29, 0.717) is 30.2 Å². The summed E-state index contributed by atoms with van der Waals surface area (Å²) in [7, 11) is 0. The smallest absolute Gasteiger partial charge is 0.327 e. The number of piperidine rings is 1. The molecule has 2 aromatic heterocycles. The lowest BCUT2D eigenvalue weighted by molar-refractivity contribution is 0.144. The first-order chi connectivity index (χ1) is 14.6. The standard InChI is InChI=1S/C22H36N6O2/c1-2-3-13-30-21-25-19(23)18-20(26-21)28(22(29)24-18)12-10-17-9-6-11-27(15-17)14-16-7-4-5-8-16/h16-17H,2-15H2,1H3,(H,24,29)(H2,23,25,26). The number of H-pyrrole nitrogens is 1. The first-order valence-electron chi connectivity index (χ1n) is 11.7. The highest BCUT2D eigenvalue weighted by Crippen LogP contribution is 2.28. The molecule has 2 aliphatic rings. The van der Waals surface area contributed by atoms with E-state index in [9.17, 15) is 4.79 Å². The number of nitrogens with zero attached hydrogens (tertiary/aromatic N) is 4. The van der Waals surface area contributed by atoms with E-state index in [2.05, 4.69) is 26.8 Å². The molecule has 0 bridgehead atoms. The van der Waals surface area contributed by atoms with Crippen LogP contribution in [0.5, 0.6) is 6.01 Å². The summed E-state index contributed by atoms with van der Waals surface area (Å²) in [6, 6.07) is 0.251. The van der Waals surface area contributed by atoms with Crippen LogP contribution in [0.1, 0.15) is 64.7 Å². The zero-order valence-electron chi connectivity index (χ0n) is 18.2. The lowest BCUT2D eigenvalue weighted by atomic mass is 9.93. The van der Waals surface area contributed by atoms with Gasteiger partial charge in [-0.15, -0.1) is 0 Å². The minimum absolute atomic E-state index is 0.171. The van der Waals surface area contributed by atoms with Crippen LogP contribution in [-0.2, 0) is 6.54 Å². The molecule has 0 radical (unpaired) electrons. The average molecular weight is 417 g/mol. The third kappa shape index (κ3) is 4.96. The van der Waals surface area contributed by atoms with Crippen molar-refractivity contribution in [2.24, 2.45) is 11.8 Å². The predicted octanol–water partition coefficient (Wildman–Crippen LogP) is 3.17. The number of rotatable bonds is 9. The Bertz CT molecular complexity index is 886. The number of imidazole rings is 1. The Morgan fingerprint density at radius 3 is 2.77 bits per heavy atom. The number of aromatic nitrogens is 4. The molecular formula is C22H36N6O2. The van der Waals surface area contributed by atoms with Crippen molar-refractivity contribution >= 4 is 17.0 Å². The van der Waals surface area contributed by atoms with E-state index < -0.39 is 0 Å². The maximum atomic E-state index is 12.6. The van der Waals surface area contributed by atoms with Gasteiger partial charge in [-0.25, -0.2) is 4.79 Å². The zero-order valence-corrected chi connectivity index (χ0v) is 18.2. The quantitative estimate of drug-likeness (QED) is 0.609. The molecule has 30 heavy (non-hydrogen) atoms. The fourth-order valence-corrected chi connectivity index (χ4v) is 5.03. The second kappa shape index (κ2) is 9.81. The number of nitrogens with two attached hydrogens (primary N) is 1. The molecule has 1 saturated carbocycles. The molecule has 3 N–H and O–H groups in total. The summed E-state index contributed by atoms with van der Waals surface area (Å²) in [5.74, 6) is 1.78. The lowest BCUT2D eigenvalue weighted by Crippen LogP contribution is -2.38. The SMILES string of the molecule is CCCCOc1nc(N)c2[nH]c(=O)n(CCC3CCCN(CC4CCCC4)C3)c2n1. The fourth-order valence-electron chi connectivity index (χ4n) is 5.03. The molecular weight excluding hydrogens is 380 g/mol. The number of nitrogens with one attached hydrogen (secondary N) is 1. The highest BCUT2D eigenvalue weighted by molar-refractivity contribution is 5.81. The molecule has 166 valence electrons. The van der Waals surface area contributed by atoms with Crippen molar-refractivity contribution in [2.45, 2.75) is 71.3 Å². The van der Waals surface area contributed by atoms with Gasteiger partial charge in [0.05, 0.1) is 6.61 Å². The summed E-state index contributed by atoms with van der Waals surface area (Å²) in [5.41, 5.74) is 6.95. The molecule has 2 fully saturated rings. The molecule has 8 nitrogen and oxygen atoms in total. The zero-order chi connectivity index (χ0) is 20.9. The first-order valence-corrected chi connectivity index (χ1v) is 11.7. The Morgan fingerprint density at radius 2 is 1.97 bits per heavy atom. The summed E-state index contributed by atoms with van der Waals surface area (Å²) in [6.45, 7) is 6.93. The predicted molar refractivity (Wildman–Crippen MR) is 119 cm³/mol. The van der Waals surface area contributed by atoms with Crippen LogP contribution in [0.3, 0.4) is 0 Å². The third-order valence-corrected chi connectivity index (χ3v) is 6.71. The molecule has 0 spiro atoms. The number of hydrogen-bond acceptors (Lipinski definition) is 6. The van der Waals surface area contributed by atoms with E-state index in [4.69, 9.17) is 10.5 Å². The van der Waals surface area contributed by atoms with Crippen molar-refractivity contribution < 1.29 is 4.74 Å². The van der Waals surface area contributed by atoms with Crippen LogP contribution in [0.15, 0.2) is 4.79 Å². The van der Waals surface area contributed by atoms with Crippen LogP contribution in [0, 0.1) is 11.8 Å². The van der Waals surface area contributed by atoms with Crippen LogP contribution >= 0.6 is 0 Å². The monoisotopic (exact) mass is 416 g/mol. The number of nitrogen functional groups attached to an aromatic ring is 1. The summed E-state index contributed by atoms with van der Waals surface area (Å²) in [6.07, 6.45) is 11.0. The van der Waals surface area contributed by atoms with Gasteiger partial charge in [-0.05, 0) is 56.9 Å².